The van der Waals surface area contributed by atoms with Crippen LogP contribution in [-0.2, 0) is 9.53 Å². The van der Waals surface area contributed by atoms with Crippen LogP contribution < -0.4 is 10.1 Å². The molecule has 25 heavy (non-hydrogen) atoms. The largest absolute Gasteiger partial charge is 0.497 e. The first-order valence-electron chi connectivity index (χ1n) is 8.26. The maximum Gasteiger partial charge on any atom is 0.310 e. The minimum atomic E-state index is -0.213. The molecule has 0 amide bonds. The molecule has 1 aliphatic heterocycles. The molecule has 1 heterocycles. The van der Waals surface area contributed by atoms with Crippen molar-refractivity contribution < 1.29 is 14.3 Å². The Hall–Kier alpha value is -1.51. The molecule has 0 saturated carbocycles. The summed E-state index contributed by atoms with van der Waals surface area (Å²) < 4.78 is 9.97. The van der Waals surface area contributed by atoms with Gasteiger partial charge in [-0.1, -0.05) is 19.1 Å². The maximum absolute atomic E-state index is 11.5. The lowest BCUT2D eigenvalue weighted by molar-refractivity contribution is -0.144. The Morgan fingerprint density at radius 1 is 1.36 bits per heavy atom. The van der Waals surface area contributed by atoms with Crippen LogP contribution in [0.4, 0.5) is 0 Å². The molecule has 0 aliphatic carbocycles. The zero-order valence-electron chi connectivity index (χ0n) is 15.3. The van der Waals surface area contributed by atoms with E-state index in [-0.39, 0.29) is 35.9 Å². The van der Waals surface area contributed by atoms with Gasteiger partial charge in [-0.05, 0) is 24.1 Å². The van der Waals surface area contributed by atoms with E-state index in [0.717, 1.165) is 31.2 Å². The number of guanidine groups is 1. The molecule has 1 aromatic rings. The number of benzene rings is 1. The van der Waals surface area contributed by atoms with Gasteiger partial charge in [0.1, 0.15) is 5.75 Å². The summed E-state index contributed by atoms with van der Waals surface area (Å²) in [5.41, 5.74) is 1.32. The van der Waals surface area contributed by atoms with Crippen LogP contribution in [0.1, 0.15) is 24.8 Å². The standard InChI is InChI=1S/C18H27N3O3.HI/c1-13(17(22)24-4)11-20-18(19-2)21-10-9-15(12-21)14-5-7-16(23-3)8-6-14;/h5-8,13,15H,9-12H2,1-4H3,(H,19,20);1H. The quantitative estimate of drug-likeness (QED) is 0.316. The highest BCUT2D eigenvalue weighted by Gasteiger charge is 2.26. The Balaban J connectivity index is 0.00000312. The van der Waals surface area contributed by atoms with Crippen molar-refractivity contribution in [3.8, 4) is 5.75 Å². The van der Waals surface area contributed by atoms with Crippen LogP contribution in [0.5, 0.6) is 5.75 Å². The van der Waals surface area contributed by atoms with Gasteiger partial charge < -0.3 is 19.7 Å². The second-order valence-electron chi connectivity index (χ2n) is 6.06. The van der Waals surface area contributed by atoms with E-state index in [1.807, 2.05) is 19.1 Å². The zero-order chi connectivity index (χ0) is 17.5. The second kappa shape index (κ2) is 10.5. The minimum absolute atomic E-state index is 0. The number of ether oxygens (including phenoxy) is 2. The van der Waals surface area contributed by atoms with Crippen LogP contribution in [0.15, 0.2) is 29.3 Å². The number of esters is 1. The number of nitrogens with zero attached hydrogens (tertiary/aromatic N) is 2. The second-order valence-corrected chi connectivity index (χ2v) is 6.06. The van der Waals surface area contributed by atoms with Gasteiger partial charge in [-0.2, -0.15) is 0 Å². The smallest absolute Gasteiger partial charge is 0.310 e. The average molecular weight is 461 g/mol. The first-order chi connectivity index (χ1) is 11.6. The Morgan fingerprint density at radius 2 is 2.04 bits per heavy atom. The lowest BCUT2D eigenvalue weighted by Gasteiger charge is -2.23. The molecular formula is C18H28IN3O3. The lowest BCUT2D eigenvalue weighted by Crippen LogP contribution is -2.42. The number of rotatable bonds is 5. The molecule has 1 saturated heterocycles. The van der Waals surface area contributed by atoms with Crippen molar-refractivity contribution in [2.75, 3.05) is 40.9 Å². The molecule has 1 fully saturated rings. The molecule has 1 aromatic carbocycles. The van der Waals surface area contributed by atoms with E-state index in [1.54, 1.807) is 14.2 Å². The van der Waals surface area contributed by atoms with E-state index in [0.29, 0.717) is 12.5 Å². The molecule has 0 bridgehead atoms. The number of hydrogen-bond acceptors (Lipinski definition) is 4. The van der Waals surface area contributed by atoms with E-state index < -0.39 is 0 Å². The molecule has 2 rings (SSSR count). The Bertz CT molecular complexity index is 577. The number of hydrogen-bond donors (Lipinski definition) is 1. The van der Waals surface area contributed by atoms with E-state index in [2.05, 4.69) is 27.3 Å². The SMILES string of the molecule is CN=C(NCC(C)C(=O)OC)N1CCC(c2ccc(OC)cc2)C1.I. The van der Waals surface area contributed by atoms with Gasteiger partial charge in [-0.15, -0.1) is 24.0 Å². The number of methoxy groups -OCH3 is 2. The third-order valence-corrected chi connectivity index (χ3v) is 4.46. The van der Waals surface area contributed by atoms with E-state index in [1.165, 1.54) is 12.7 Å². The van der Waals surface area contributed by atoms with Crippen molar-refractivity contribution in [1.82, 2.24) is 10.2 Å². The van der Waals surface area contributed by atoms with E-state index in [4.69, 9.17) is 9.47 Å². The van der Waals surface area contributed by atoms with E-state index >= 15 is 0 Å². The molecule has 0 radical (unpaired) electrons. The summed E-state index contributed by atoms with van der Waals surface area (Å²) in [6, 6.07) is 8.26. The third kappa shape index (κ3) is 5.76. The summed E-state index contributed by atoms with van der Waals surface area (Å²) >= 11 is 0. The predicted molar refractivity (Wildman–Crippen MR) is 110 cm³/mol. The molecule has 2 atom stereocenters. The van der Waals surface area contributed by atoms with Crippen molar-refractivity contribution in [2.24, 2.45) is 10.9 Å². The molecule has 6 nitrogen and oxygen atoms in total. The van der Waals surface area contributed by atoms with Crippen LogP contribution in [0, 0.1) is 5.92 Å². The van der Waals surface area contributed by atoms with Gasteiger partial charge in [0.25, 0.3) is 0 Å². The van der Waals surface area contributed by atoms with Gasteiger partial charge in [0, 0.05) is 32.6 Å². The summed E-state index contributed by atoms with van der Waals surface area (Å²) in [5.74, 6) is 1.78. The van der Waals surface area contributed by atoms with Crippen molar-refractivity contribution in [3.63, 3.8) is 0 Å². The van der Waals surface area contributed by atoms with Gasteiger partial charge in [0.15, 0.2) is 5.96 Å². The van der Waals surface area contributed by atoms with Crippen LogP contribution in [0.25, 0.3) is 0 Å². The third-order valence-electron chi connectivity index (χ3n) is 4.46. The van der Waals surface area contributed by atoms with Gasteiger partial charge in [-0.3, -0.25) is 9.79 Å². The summed E-state index contributed by atoms with van der Waals surface area (Å²) in [5, 5.41) is 3.27. The summed E-state index contributed by atoms with van der Waals surface area (Å²) in [6.07, 6.45) is 1.08. The molecule has 2 unspecified atom stereocenters. The summed E-state index contributed by atoms with van der Waals surface area (Å²) in [6.45, 7) is 4.22. The van der Waals surface area contributed by atoms with Gasteiger partial charge in [-0.25, -0.2) is 0 Å². The van der Waals surface area contributed by atoms with Crippen LogP contribution in [-0.4, -0.2) is 57.7 Å². The van der Waals surface area contributed by atoms with Crippen molar-refractivity contribution in [3.05, 3.63) is 29.8 Å². The van der Waals surface area contributed by atoms with Crippen molar-refractivity contribution in [1.29, 1.82) is 0 Å². The average Bonchev–Trinajstić information content (AvgIpc) is 3.11. The fourth-order valence-electron chi connectivity index (χ4n) is 2.96. The number of halogens is 1. The van der Waals surface area contributed by atoms with Gasteiger partial charge in [0.05, 0.1) is 20.1 Å². The van der Waals surface area contributed by atoms with Crippen molar-refractivity contribution >= 4 is 35.9 Å². The fraction of sp³-hybridized carbons (Fsp3) is 0.556. The Morgan fingerprint density at radius 3 is 2.60 bits per heavy atom. The first-order valence-corrected chi connectivity index (χ1v) is 8.26. The number of carbonyl (C=O) groups excluding carboxylic acids is 1. The normalized spacial score (nSPS) is 18.3. The predicted octanol–water partition coefficient (Wildman–Crippen LogP) is 2.49. The fourth-order valence-corrected chi connectivity index (χ4v) is 2.96. The minimum Gasteiger partial charge on any atom is -0.497 e. The topological polar surface area (TPSA) is 63.2 Å². The Labute approximate surface area is 167 Å². The highest BCUT2D eigenvalue weighted by atomic mass is 127. The molecule has 140 valence electrons. The zero-order valence-corrected chi connectivity index (χ0v) is 17.7. The maximum atomic E-state index is 11.5. The number of aliphatic imine (C=N–C) groups is 1. The molecule has 1 aliphatic rings. The number of nitrogens with one attached hydrogen (secondary N) is 1. The highest BCUT2D eigenvalue weighted by Crippen LogP contribution is 2.28. The van der Waals surface area contributed by atoms with Crippen LogP contribution in [0.2, 0.25) is 0 Å². The summed E-state index contributed by atoms with van der Waals surface area (Å²) in [4.78, 5) is 18.1. The number of carbonyl (C=O) groups is 1. The molecule has 0 aromatic heterocycles. The molecule has 1 N–H and O–H groups in total. The van der Waals surface area contributed by atoms with Gasteiger partial charge >= 0.3 is 5.97 Å². The van der Waals surface area contributed by atoms with Crippen LogP contribution >= 0.6 is 24.0 Å². The molecule has 7 heteroatoms. The lowest BCUT2D eigenvalue weighted by atomic mass is 9.98. The molecule has 0 spiro atoms. The first kappa shape index (κ1) is 21.5. The van der Waals surface area contributed by atoms with E-state index in [9.17, 15) is 4.79 Å². The summed E-state index contributed by atoms with van der Waals surface area (Å²) in [7, 11) is 4.86. The Kier molecular flexibility index (Phi) is 9.02. The number of likely N-dealkylation sites (tertiary alicyclic amines) is 1. The van der Waals surface area contributed by atoms with Crippen LogP contribution in [0.3, 0.4) is 0 Å². The molecular weight excluding hydrogens is 433 g/mol. The highest BCUT2D eigenvalue weighted by molar-refractivity contribution is 14.0. The monoisotopic (exact) mass is 461 g/mol. The van der Waals surface area contributed by atoms with Gasteiger partial charge in [0.2, 0.25) is 0 Å². The van der Waals surface area contributed by atoms with Crippen molar-refractivity contribution in [2.45, 2.75) is 19.3 Å².